The molecule has 0 aromatic rings. The molecule has 0 aliphatic carbocycles. The lowest BCUT2D eigenvalue weighted by Gasteiger charge is -2.19. The van der Waals surface area contributed by atoms with Crippen molar-refractivity contribution in [2.75, 3.05) is 13.5 Å². The van der Waals surface area contributed by atoms with Gasteiger partial charge in [-0.1, -0.05) is 13.8 Å². The minimum absolute atomic E-state index is 0.236. The molecule has 1 heterocycles. The van der Waals surface area contributed by atoms with Gasteiger partial charge in [-0.15, -0.1) is 0 Å². The van der Waals surface area contributed by atoms with Crippen LogP contribution < -0.4 is 0 Å². The predicted molar refractivity (Wildman–Crippen MR) is 51.5 cm³/mol. The van der Waals surface area contributed by atoms with Crippen molar-refractivity contribution in [3.05, 3.63) is 0 Å². The minimum atomic E-state index is -0.644. The number of amides is 3. The molecule has 3 amide bonds. The summed E-state index contributed by atoms with van der Waals surface area (Å²) < 4.78 is 0. The largest absolute Gasteiger partial charge is 0.376 e. The molecule has 1 unspecified atom stereocenters. The fraction of sp³-hybridized carbons (Fsp3) is 0.778. The van der Waals surface area contributed by atoms with Gasteiger partial charge < -0.3 is 10.2 Å². The van der Waals surface area contributed by atoms with Crippen molar-refractivity contribution < 1.29 is 19.8 Å². The number of hydrogen-bond donors (Lipinski definition) is 2. The smallest absolute Gasteiger partial charge is 0.331 e. The van der Waals surface area contributed by atoms with Crippen LogP contribution in [0.5, 0.6) is 0 Å². The number of imide groups is 1. The third-order valence-electron chi connectivity index (χ3n) is 2.39. The number of aliphatic hydroxyl groups excluding tert-OH is 2. The van der Waals surface area contributed by atoms with Crippen LogP contribution in [0.1, 0.15) is 20.3 Å². The number of urea groups is 1. The van der Waals surface area contributed by atoms with Crippen LogP contribution in [-0.2, 0) is 4.79 Å². The van der Waals surface area contributed by atoms with Gasteiger partial charge in [0.05, 0.1) is 0 Å². The van der Waals surface area contributed by atoms with E-state index in [2.05, 4.69) is 0 Å². The van der Waals surface area contributed by atoms with Gasteiger partial charge in [0.15, 0.2) is 0 Å². The summed E-state index contributed by atoms with van der Waals surface area (Å²) in [7, 11) is 0. The first-order chi connectivity index (χ1) is 7.02. The summed E-state index contributed by atoms with van der Waals surface area (Å²) in [4.78, 5) is 24.9. The highest BCUT2D eigenvalue weighted by Crippen LogP contribution is 2.21. The first-order valence-corrected chi connectivity index (χ1v) is 4.86. The van der Waals surface area contributed by atoms with Crippen LogP contribution in [0.2, 0.25) is 0 Å². The molecule has 1 aliphatic rings. The van der Waals surface area contributed by atoms with E-state index in [9.17, 15) is 9.59 Å². The molecule has 1 rings (SSSR count). The summed E-state index contributed by atoms with van der Waals surface area (Å²) in [6.07, 6.45) is 0.488. The van der Waals surface area contributed by atoms with Gasteiger partial charge in [0, 0.05) is 0 Å². The Balaban J connectivity index is 2.85. The van der Waals surface area contributed by atoms with Crippen LogP contribution in [0.3, 0.4) is 0 Å². The van der Waals surface area contributed by atoms with E-state index in [4.69, 9.17) is 10.2 Å². The fourth-order valence-corrected chi connectivity index (χ4v) is 1.66. The van der Waals surface area contributed by atoms with E-state index < -0.39 is 31.4 Å². The van der Waals surface area contributed by atoms with Crippen LogP contribution in [0.15, 0.2) is 0 Å². The van der Waals surface area contributed by atoms with Crippen molar-refractivity contribution in [3.63, 3.8) is 0 Å². The summed E-state index contributed by atoms with van der Waals surface area (Å²) in [5.74, 6) is -0.204. The van der Waals surface area contributed by atoms with Crippen molar-refractivity contribution >= 4 is 11.9 Å². The first-order valence-electron chi connectivity index (χ1n) is 4.86. The van der Waals surface area contributed by atoms with Crippen molar-refractivity contribution in [1.82, 2.24) is 9.80 Å². The molecule has 0 spiro atoms. The Morgan fingerprint density at radius 2 is 1.87 bits per heavy atom. The number of carbonyl (C=O) groups excluding carboxylic acids is 2. The van der Waals surface area contributed by atoms with Crippen LogP contribution in [0, 0.1) is 5.92 Å². The van der Waals surface area contributed by atoms with E-state index in [1.165, 1.54) is 0 Å². The molecule has 6 nitrogen and oxygen atoms in total. The van der Waals surface area contributed by atoms with Gasteiger partial charge in [-0.05, 0) is 12.3 Å². The van der Waals surface area contributed by atoms with Crippen LogP contribution >= 0.6 is 0 Å². The average Bonchev–Trinajstić information content (AvgIpc) is 2.38. The highest BCUT2D eigenvalue weighted by molar-refractivity contribution is 6.03. The normalized spacial score (nSPS) is 22.1. The van der Waals surface area contributed by atoms with E-state index in [1.54, 1.807) is 0 Å². The summed E-state index contributed by atoms with van der Waals surface area (Å²) in [5.41, 5.74) is 0. The Morgan fingerprint density at radius 1 is 1.27 bits per heavy atom. The minimum Gasteiger partial charge on any atom is -0.376 e. The highest BCUT2D eigenvalue weighted by atomic mass is 16.3. The molecule has 0 aromatic heterocycles. The maximum Gasteiger partial charge on any atom is 0.331 e. The lowest BCUT2D eigenvalue weighted by Crippen LogP contribution is -2.36. The summed E-state index contributed by atoms with van der Waals surface area (Å²) in [6, 6.07) is -1.27. The third-order valence-corrected chi connectivity index (χ3v) is 2.39. The van der Waals surface area contributed by atoms with Crippen molar-refractivity contribution in [2.45, 2.75) is 26.3 Å². The Bertz CT molecular complexity index is 267. The molecular formula is C9H16N2O4. The second-order valence-electron chi connectivity index (χ2n) is 3.95. The molecular weight excluding hydrogens is 200 g/mol. The standard InChI is InChI=1S/C9H16N2O4/c1-6(2)3-7-8(14)11(5-13)9(15)10(7)4-12/h6-7,12-13H,3-5H2,1-2H3. The predicted octanol–water partition coefficient (Wildman–Crippen LogP) is -0.435. The van der Waals surface area contributed by atoms with Gasteiger partial charge in [-0.3, -0.25) is 9.69 Å². The number of nitrogens with zero attached hydrogens (tertiary/aromatic N) is 2. The van der Waals surface area contributed by atoms with Crippen LogP contribution in [0.25, 0.3) is 0 Å². The van der Waals surface area contributed by atoms with Crippen molar-refractivity contribution in [2.24, 2.45) is 5.92 Å². The monoisotopic (exact) mass is 216 g/mol. The quantitative estimate of drug-likeness (QED) is 0.624. The number of aliphatic hydroxyl groups is 2. The molecule has 0 radical (unpaired) electrons. The Morgan fingerprint density at radius 3 is 2.27 bits per heavy atom. The molecule has 6 heteroatoms. The molecule has 2 N–H and O–H groups in total. The SMILES string of the molecule is CC(C)CC1C(=O)N(CO)C(=O)N1CO. The van der Waals surface area contributed by atoms with Crippen LogP contribution in [-0.4, -0.2) is 51.5 Å². The van der Waals surface area contributed by atoms with Gasteiger partial charge >= 0.3 is 6.03 Å². The maximum atomic E-state index is 11.6. The number of carbonyl (C=O) groups is 2. The van der Waals surface area contributed by atoms with Gasteiger partial charge in [0.2, 0.25) is 0 Å². The Kier molecular flexibility index (Phi) is 3.65. The molecule has 0 bridgehead atoms. The van der Waals surface area contributed by atoms with Crippen molar-refractivity contribution in [1.29, 1.82) is 0 Å². The lowest BCUT2D eigenvalue weighted by atomic mass is 10.0. The Labute approximate surface area is 88.1 Å². The zero-order chi connectivity index (χ0) is 11.6. The molecule has 1 saturated heterocycles. The summed E-state index contributed by atoms with van der Waals surface area (Å²) >= 11 is 0. The summed E-state index contributed by atoms with van der Waals surface area (Å²) in [5, 5.41) is 17.8. The second kappa shape index (κ2) is 4.59. The van der Waals surface area contributed by atoms with E-state index in [0.29, 0.717) is 6.42 Å². The van der Waals surface area contributed by atoms with E-state index in [0.717, 1.165) is 9.80 Å². The topological polar surface area (TPSA) is 81.1 Å². The van der Waals surface area contributed by atoms with Gasteiger partial charge in [0.25, 0.3) is 5.91 Å². The zero-order valence-corrected chi connectivity index (χ0v) is 8.88. The second-order valence-corrected chi connectivity index (χ2v) is 3.95. The van der Waals surface area contributed by atoms with Crippen LogP contribution in [0.4, 0.5) is 4.79 Å². The van der Waals surface area contributed by atoms with Crippen molar-refractivity contribution in [3.8, 4) is 0 Å². The average molecular weight is 216 g/mol. The maximum absolute atomic E-state index is 11.6. The van der Waals surface area contributed by atoms with E-state index in [-0.39, 0.29) is 5.92 Å². The molecule has 0 saturated carbocycles. The van der Waals surface area contributed by atoms with E-state index >= 15 is 0 Å². The van der Waals surface area contributed by atoms with Gasteiger partial charge in [-0.2, -0.15) is 0 Å². The molecule has 1 fully saturated rings. The molecule has 15 heavy (non-hydrogen) atoms. The number of rotatable bonds is 4. The molecule has 1 atom stereocenters. The van der Waals surface area contributed by atoms with Gasteiger partial charge in [0.1, 0.15) is 19.5 Å². The fourth-order valence-electron chi connectivity index (χ4n) is 1.66. The zero-order valence-electron chi connectivity index (χ0n) is 8.88. The number of hydrogen-bond acceptors (Lipinski definition) is 4. The first kappa shape index (κ1) is 11.9. The third kappa shape index (κ3) is 2.10. The molecule has 0 aromatic carbocycles. The highest BCUT2D eigenvalue weighted by Gasteiger charge is 2.44. The van der Waals surface area contributed by atoms with Gasteiger partial charge in [-0.25, -0.2) is 9.69 Å². The van der Waals surface area contributed by atoms with E-state index in [1.807, 2.05) is 13.8 Å². The Hall–Kier alpha value is -1.14. The summed E-state index contributed by atoms with van der Waals surface area (Å²) in [6.45, 7) is 2.71. The molecule has 1 aliphatic heterocycles. The molecule has 86 valence electrons. The lowest BCUT2D eigenvalue weighted by molar-refractivity contribution is -0.131.